The van der Waals surface area contributed by atoms with E-state index in [0.29, 0.717) is 0 Å². The maximum Gasteiger partial charge on any atom is 0.227 e. The largest absolute Gasteiger partial charge is 0.328 e. The Balaban J connectivity index is 2.12. The maximum absolute atomic E-state index is 12.2. The summed E-state index contributed by atoms with van der Waals surface area (Å²) in [7, 11) is 0. The van der Waals surface area contributed by atoms with Gasteiger partial charge >= 0.3 is 0 Å². The zero-order chi connectivity index (χ0) is 13.3. The van der Waals surface area contributed by atoms with E-state index in [1.165, 1.54) is 0 Å². The molecule has 1 aliphatic rings. The molecule has 1 aromatic rings. The van der Waals surface area contributed by atoms with Crippen molar-refractivity contribution >= 4 is 27.5 Å². The lowest BCUT2D eigenvalue weighted by atomic mass is 10.0. The number of carbonyl (C=O) groups excluding carboxylic acids is 1. The van der Waals surface area contributed by atoms with Gasteiger partial charge < -0.3 is 11.1 Å². The van der Waals surface area contributed by atoms with Crippen molar-refractivity contribution in [3.05, 3.63) is 27.7 Å². The number of nitrogens with one attached hydrogen (secondary N) is 1. The Labute approximate surface area is 116 Å². The van der Waals surface area contributed by atoms with Gasteiger partial charge in [-0.2, -0.15) is 0 Å². The van der Waals surface area contributed by atoms with Gasteiger partial charge in [-0.3, -0.25) is 4.79 Å². The molecule has 0 spiro atoms. The van der Waals surface area contributed by atoms with Crippen molar-refractivity contribution in [3.8, 4) is 0 Å². The molecule has 0 radical (unpaired) electrons. The molecule has 0 aliphatic heterocycles. The Kier molecular flexibility index (Phi) is 4.07. The van der Waals surface area contributed by atoms with E-state index in [1.807, 2.05) is 26.0 Å². The number of hydrogen-bond donors (Lipinski definition) is 2. The van der Waals surface area contributed by atoms with Crippen LogP contribution in [0, 0.1) is 19.8 Å². The number of rotatable bonds is 2. The molecule has 3 N–H and O–H groups in total. The number of aryl methyl sites for hydroxylation is 2. The summed E-state index contributed by atoms with van der Waals surface area (Å²) in [6.45, 7) is 4.02. The van der Waals surface area contributed by atoms with Crippen molar-refractivity contribution < 1.29 is 4.79 Å². The topological polar surface area (TPSA) is 55.1 Å². The molecule has 1 aliphatic carbocycles. The van der Waals surface area contributed by atoms with Crippen molar-refractivity contribution in [3.63, 3.8) is 0 Å². The molecule has 2 rings (SSSR count). The smallest absolute Gasteiger partial charge is 0.227 e. The fraction of sp³-hybridized carbons (Fsp3) is 0.500. The summed E-state index contributed by atoms with van der Waals surface area (Å²) in [6, 6.07) is 4.22. The standard InChI is InChI=1S/C14H19BrN2O/c1-8-5-11(15)6-9(2)13(8)17-14(18)10-3-4-12(16)7-10/h5-6,10,12H,3-4,7,16H2,1-2H3,(H,17,18). The first kappa shape index (κ1) is 13.6. The summed E-state index contributed by atoms with van der Waals surface area (Å²) in [4.78, 5) is 12.2. The first-order valence-corrected chi connectivity index (χ1v) is 7.10. The first-order chi connectivity index (χ1) is 8.47. The molecule has 4 heteroatoms. The van der Waals surface area contributed by atoms with Gasteiger partial charge in [0.1, 0.15) is 0 Å². The van der Waals surface area contributed by atoms with Crippen LogP contribution in [0.3, 0.4) is 0 Å². The van der Waals surface area contributed by atoms with Crippen molar-refractivity contribution in [1.82, 2.24) is 0 Å². The molecule has 98 valence electrons. The number of anilines is 1. The third-order valence-electron chi connectivity index (χ3n) is 3.59. The maximum atomic E-state index is 12.2. The number of carbonyl (C=O) groups is 1. The average molecular weight is 311 g/mol. The summed E-state index contributed by atoms with van der Waals surface area (Å²) in [5.74, 6) is 0.180. The Morgan fingerprint density at radius 1 is 1.33 bits per heavy atom. The molecule has 0 aromatic heterocycles. The van der Waals surface area contributed by atoms with E-state index in [2.05, 4.69) is 21.2 Å². The minimum atomic E-state index is 0.0717. The number of hydrogen-bond acceptors (Lipinski definition) is 2. The second-order valence-corrected chi connectivity index (χ2v) is 6.09. The molecule has 0 bridgehead atoms. The van der Waals surface area contributed by atoms with Gasteiger partial charge in [0, 0.05) is 22.1 Å². The molecule has 1 aromatic carbocycles. The van der Waals surface area contributed by atoms with Gasteiger partial charge in [-0.15, -0.1) is 0 Å². The average Bonchev–Trinajstić information content (AvgIpc) is 2.70. The summed E-state index contributed by atoms with van der Waals surface area (Å²) in [6.07, 6.45) is 2.67. The summed E-state index contributed by atoms with van der Waals surface area (Å²) < 4.78 is 1.04. The monoisotopic (exact) mass is 310 g/mol. The molecule has 3 nitrogen and oxygen atoms in total. The lowest BCUT2D eigenvalue weighted by Gasteiger charge is -2.15. The number of benzene rings is 1. The van der Waals surface area contributed by atoms with Crippen LogP contribution >= 0.6 is 15.9 Å². The molecular weight excluding hydrogens is 292 g/mol. The van der Waals surface area contributed by atoms with Gasteiger partial charge in [0.15, 0.2) is 0 Å². The molecule has 2 unspecified atom stereocenters. The summed E-state index contributed by atoms with van der Waals surface area (Å²) >= 11 is 3.46. The second kappa shape index (κ2) is 5.41. The van der Waals surface area contributed by atoms with Crippen LogP contribution in [0.2, 0.25) is 0 Å². The van der Waals surface area contributed by atoms with E-state index in [9.17, 15) is 4.79 Å². The van der Waals surface area contributed by atoms with E-state index in [4.69, 9.17) is 5.73 Å². The van der Waals surface area contributed by atoms with Crippen LogP contribution in [0.15, 0.2) is 16.6 Å². The van der Waals surface area contributed by atoms with Gasteiger partial charge in [-0.05, 0) is 56.4 Å². The highest BCUT2D eigenvalue weighted by molar-refractivity contribution is 9.10. The number of amides is 1. The van der Waals surface area contributed by atoms with Crippen LogP contribution < -0.4 is 11.1 Å². The molecule has 2 atom stereocenters. The fourth-order valence-corrected chi connectivity index (χ4v) is 3.27. The van der Waals surface area contributed by atoms with Gasteiger partial charge in [-0.25, -0.2) is 0 Å². The minimum Gasteiger partial charge on any atom is -0.328 e. The third kappa shape index (κ3) is 2.93. The van der Waals surface area contributed by atoms with Gasteiger partial charge in [0.05, 0.1) is 0 Å². The molecule has 18 heavy (non-hydrogen) atoms. The molecule has 1 amide bonds. The van der Waals surface area contributed by atoms with E-state index in [1.54, 1.807) is 0 Å². The van der Waals surface area contributed by atoms with Crippen LogP contribution in [-0.4, -0.2) is 11.9 Å². The molecule has 0 heterocycles. The predicted molar refractivity (Wildman–Crippen MR) is 77.6 cm³/mol. The zero-order valence-electron chi connectivity index (χ0n) is 10.8. The SMILES string of the molecule is Cc1cc(Br)cc(C)c1NC(=O)C1CCC(N)C1. The minimum absolute atomic E-state index is 0.0717. The molecule has 1 saturated carbocycles. The third-order valence-corrected chi connectivity index (χ3v) is 4.05. The van der Waals surface area contributed by atoms with Crippen molar-refractivity contribution in [1.29, 1.82) is 0 Å². The van der Waals surface area contributed by atoms with Crippen molar-refractivity contribution in [2.24, 2.45) is 11.7 Å². The van der Waals surface area contributed by atoms with Crippen molar-refractivity contribution in [2.75, 3.05) is 5.32 Å². The van der Waals surface area contributed by atoms with E-state index < -0.39 is 0 Å². The van der Waals surface area contributed by atoms with Gasteiger partial charge in [0.2, 0.25) is 5.91 Å². The summed E-state index contributed by atoms with van der Waals surface area (Å²) in [5.41, 5.74) is 8.95. The Bertz CT molecular complexity index is 450. The van der Waals surface area contributed by atoms with Crippen molar-refractivity contribution in [2.45, 2.75) is 39.2 Å². The lowest BCUT2D eigenvalue weighted by Crippen LogP contribution is -2.23. The van der Waals surface area contributed by atoms with E-state index in [-0.39, 0.29) is 17.9 Å². The Hall–Kier alpha value is -0.870. The molecular formula is C14H19BrN2O. The fourth-order valence-electron chi connectivity index (χ4n) is 2.59. The highest BCUT2D eigenvalue weighted by atomic mass is 79.9. The molecule has 0 saturated heterocycles. The quantitative estimate of drug-likeness (QED) is 0.881. The zero-order valence-corrected chi connectivity index (χ0v) is 12.4. The van der Waals surface area contributed by atoms with E-state index >= 15 is 0 Å². The van der Waals surface area contributed by atoms with Gasteiger partial charge in [-0.1, -0.05) is 15.9 Å². The summed E-state index contributed by atoms with van der Waals surface area (Å²) in [5, 5.41) is 3.05. The number of nitrogens with two attached hydrogens (primary N) is 1. The van der Waals surface area contributed by atoms with Gasteiger partial charge in [0.25, 0.3) is 0 Å². The Morgan fingerprint density at radius 3 is 2.44 bits per heavy atom. The first-order valence-electron chi connectivity index (χ1n) is 6.30. The van der Waals surface area contributed by atoms with Crippen LogP contribution in [-0.2, 0) is 4.79 Å². The predicted octanol–water partition coefficient (Wildman–Crippen LogP) is 3.13. The van der Waals surface area contributed by atoms with Crippen LogP contribution in [0.4, 0.5) is 5.69 Å². The molecule has 1 fully saturated rings. The van der Waals surface area contributed by atoms with Crippen LogP contribution in [0.5, 0.6) is 0 Å². The highest BCUT2D eigenvalue weighted by Gasteiger charge is 2.28. The van der Waals surface area contributed by atoms with E-state index in [0.717, 1.165) is 40.5 Å². The second-order valence-electron chi connectivity index (χ2n) is 5.17. The normalized spacial score (nSPS) is 23.1. The lowest BCUT2D eigenvalue weighted by molar-refractivity contribution is -0.119. The highest BCUT2D eigenvalue weighted by Crippen LogP contribution is 2.29. The van der Waals surface area contributed by atoms with Crippen LogP contribution in [0.1, 0.15) is 30.4 Å². The Morgan fingerprint density at radius 2 is 1.94 bits per heavy atom. The number of halogens is 1. The van der Waals surface area contributed by atoms with Crippen LogP contribution in [0.25, 0.3) is 0 Å².